The lowest BCUT2D eigenvalue weighted by atomic mass is 9.93. The van der Waals surface area contributed by atoms with E-state index in [-0.39, 0.29) is 12.5 Å². The van der Waals surface area contributed by atoms with E-state index in [4.69, 9.17) is 36.8 Å². The molecular formula is C28H30N3O9PS. The number of benzene rings is 2. The Bertz CT molecular complexity index is 1730. The summed E-state index contributed by atoms with van der Waals surface area (Å²) in [4.78, 5) is 38.8. The van der Waals surface area contributed by atoms with Gasteiger partial charge in [0.15, 0.2) is 11.8 Å². The molecule has 1 saturated carbocycles. The molecule has 7 atom stereocenters. The van der Waals surface area contributed by atoms with Crippen molar-refractivity contribution in [3.05, 3.63) is 75.6 Å². The maximum atomic E-state index is 12.7. The van der Waals surface area contributed by atoms with Crippen LogP contribution in [-0.2, 0) is 30.6 Å². The van der Waals surface area contributed by atoms with Crippen LogP contribution in [0.5, 0.6) is 5.75 Å². The Morgan fingerprint density at radius 3 is 2.64 bits per heavy atom. The van der Waals surface area contributed by atoms with E-state index < -0.39 is 59.5 Å². The molecule has 222 valence electrons. The van der Waals surface area contributed by atoms with E-state index in [1.54, 1.807) is 32.9 Å². The quantitative estimate of drug-likeness (QED) is 0.158. The molecule has 14 heteroatoms. The van der Waals surface area contributed by atoms with E-state index in [1.165, 1.54) is 0 Å². The van der Waals surface area contributed by atoms with Crippen LogP contribution in [0.1, 0.15) is 33.4 Å². The number of aromatic amines is 1. The zero-order valence-electron chi connectivity index (χ0n) is 22.9. The number of esters is 1. The summed E-state index contributed by atoms with van der Waals surface area (Å²) in [5.74, 6) is 1.95. The fraction of sp³-hybridized carbons (Fsp3) is 0.393. The molecule has 3 aromatic rings. The Morgan fingerprint density at radius 1 is 1.24 bits per heavy atom. The maximum Gasteiger partial charge on any atom is 0.330 e. The molecule has 2 aliphatic rings. The van der Waals surface area contributed by atoms with E-state index in [0.29, 0.717) is 5.75 Å². The summed E-state index contributed by atoms with van der Waals surface area (Å²) in [6, 6.07) is 13.0. The second-order valence-corrected chi connectivity index (χ2v) is 13.6. The number of fused-ring (bicyclic) bond motifs is 1. The molecule has 12 nitrogen and oxygen atoms in total. The lowest BCUT2D eigenvalue weighted by Crippen LogP contribution is -2.48. The van der Waals surface area contributed by atoms with Gasteiger partial charge in [-0.3, -0.25) is 19.1 Å². The Hall–Kier alpha value is -3.34. The maximum absolute atomic E-state index is 12.7. The van der Waals surface area contributed by atoms with E-state index in [2.05, 4.69) is 16.0 Å². The predicted octanol–water partition coefficient (Wildman–Crippen LogP) is 1.70. The number of carbonyl (C=O) groups is 1. The van der Waals surface area contributed by atoms with Crippen molar-refractivity contribution in [2.24, 2.45) is 0 Å². The van der Waals surface area contributed by atoms with Gasteiger partial charge in [-0.2, -0.15) is 0 Å². The summed E-state index contributed by atoms with van der Waals surface area (Å²) >= 11 is 5.89. The second-order valence-electron chi connectivity index (χ2n) is 10.5. The predicted molar refractivity (Wildman–Crippen MR) is 156 cm³/mol. The first-order chi connectivity index (χ1) is 19.8. The summed E-state index contributed by atoms with van der Waals surface area (Å²) in [7, 11) is 0. The van der Waals surface area contributed by atoms with E-state index >= 15 is 0 Å². The number of nitrogens with one attached hydrogen (secondary N) is 2. The van der Waals surface area contributed by atoms with Crippen LogP contribution in [-0.4, -0.2) is 61.3 Å². The minimum atomic E-state index is -3.61. The first-order valence-corrected chi connectivity index (χ1v) is 15.8. The molecule has 0 amide bonds. The van der Waals surface area contributed by atoms with E-state index in [1.807, 2.05) is 30.3 Å². The number of carbonyl (C=O) groups excluding carboxylic acids is 1. The molecule has 3 unspecified atom stereocenters. The van der Waals surface area contributed by atoms with Gasteiger partial charge >= 0.3 is 18.3 Å². The van der Waals surface area contributed by atoms with Crippen LogP contribution in [0.15, 0.2) is 64.3 Å². The number of hydrogen-bond acceptors (Lipinski definition) is 10. The number of aliphatic hydroxyl groups excluding tert-OH is 1. The van der Waals surface area contributed by atoms with Gasteiger partial charge in [0.2, 0.25) is 0 Å². The van der Waals surface area contributed by atoms with Crippen molar-refractivity contribution in [3.8, 4) is 18.1 Å². The number of rotatable bonds is 9. The molecule has 5 rings (SSSR count). The molecule has 42 heavy (non-hydrogen) atoms. The summed E-state index contributed by atoms with van der Waals surface area (Å²) < 4.78 is 24.8. The van der Waals surface area contributed by atoms with Crippen LogP contribution < -0.4 is 20.9 Å². The molecule has 0 bridgehead atoms. The Labute approximate surface area is 245 Å². The topological polar surface area (TPSA) is 161 Å². The molecule has 2 fully saturated rings. The summed E-state index contributed by atoms with van der Waals surface area (Å²) in [5.41, 5.74) is -5.49. The largest absolute Gasteiger partial charge is 0.462 e. The van der Waals surface area contributed by atoms with Crippen molar-refractivity contribution in [1.82, 2.24) is 14.6 Å². The van der Waals surface area contributed by atoms with E-state index in [9.17, 15) is 24.6 Å². The van der Waals surface area contributed by atoms with Gasteiger partial charge in [-0.25, -0.2) is 9.88 Å². The van der Waals surface area contributed by atoms with Gasteiger partial charge in [0.25, 0.3) is 5.56 Å². The highest BCUT2D eigenvalue weighted by atomic mass is 32.5. The van der Waals surface area contributed by atoms with Gasteiger partial charge in [-0.15, -0.1) is 6.42 Å². The number of H-pyrrole nitrogens is 1. The van der Waals surface area contributed by atoms with Crippen molar-refractivity contribution < 1.29 is 33.5 Å². The van der Waals surface area contributed by atoms with Crippen LogP contribution in [0.2, 0.25) is 0 Å². The SMILES string of the molecule is C#C[C@@]1(O)[C@H](O)C2(CC2OP(=S)(N[C@@H](C)C(=O)OC(C)C)Oc2cccc3ccccc23)O[C@H]1n1ccc(=O)[nH]c1=O. The second kappa shape index (κ2) is 11.1. The van der Waals surface area contributed by atoms with Crippen molar-refractivity contribution >= 4 is 35.2 Å². The number of ether oxygens (including phenoxy) is 2. The minimum Gasteiger partial charge on any atom is -0.462 e. The fourth-order valence-electron chi connectivity index (χ4n) is 4.94. The number of aliphatic hydroxyl groups is 2. The van der Waals surface area contributed by atoms with Gasteiger partial charge in [0, 0.05) is 24.1 Å². The zero-order chi connectivity index (χ0) is 30.4. The van der Waals surface area contributed by atoms with Crippen LogP contribution in [0.3, 0.4) is 0 Å². The number of nitrogens with zero attached hydrogens (tertiary/aromatic N) is 1. The molecule has 1 aromatic heterocycles. The molecule has 2 aromatic carbocycles. The molecule has 2 heterocycles. The third-order valence-corrected chi connectivity index (χ3v) is 9.57. The average molecular weight is 616 g/mol. The van der Waals surface area contributed by atoms with Crippen LogP contribution in [0, 0.1) is 12.3 Å². The van der Waals surface area contributed by atoms with Crippen molar-refractivity contribution in [1.29, 1.82) is 0 Å². The first-order valence-electron chi connectivity index (χ1n) is 13.1. The van der Waals surface area contributed by atoms with Crippen LogP contribution >= 0.6 is 6.64 Å². The summed E-state index contributed by atoms with van der Waals surface area (Å²) in [6.45, 7) is 1.37. The van der Waals surface area contributed by atoms with Gasteiger partial charge in [-0.05, 0) is 44.0 Å². The number of hydrogen-bond donors (Lipinski definition) is 4. The van der Waals surface area contributed by atoms with E-state index in [0.717, 1.165) is 27.6 Å². The highest BCUT2D eigenvalue weighted by molar-refractivity contribution is 8.09. The average Bonchev–Trinajstić information content (AvgIpc) is 3.57. The molecule has 1 saturated heterocycles. The number of aromatic nitrogens is 2. The smallest absolute Gasteiger partial charge is 0.330 e. The highest BCUT2D eigenvalue weighted by Crippen LogP contribution is 2.62. The Balaban J connectivity index is 1.47. The first kappa shape index (κ1) is 30.1. The molecule has 1 spiro atoms. The summed E-state index contributed by atoms with van der Waals surface area (Å²) in [6.07, 6.45) is 2.14. The number of terminal acetylenes is 1. The standard InChI is InChI=1S/C28H30N3O9PS/c1-5-27(36)24(34)28(38-25(27)31-14-13-22(32)29-26(31)35)15-21(28)40-41(42,30-17(4)23(33)37-16(2)3)39-20-12-8-10-18-9-6-7-11-19(18)20/h1,6-14,16-17,21,24-25,34,36H,15H2,2-4H3,(H,30,42)(H,29,32,35)/t17-,21?,24-,25+,27+,28?,41?/m0/s1. The monoisotopic (exact) mass is 615 g/mol. The third-order valence-electron chi connectivity index (χ3n) is 7.10. The molecule has 1 aliphatic heterocycles. The minimum absolute atomic E-state index is 0.0244. The van der Waals surface area contributed by atoms with Crippen molar-refractivity contribution in [3.63, 3.8) is 0 Å². The van der Waals surface area contributed by atoms with Gasteiger partial charge in [-0.1, -0.05) is 42.3 Å². The summed E-state index contributed by atoms with van der Waals surface area (Å²) in [5, 5.41) is 27.1. The van der Waals surface area contributed by atoms with Gasteiger partial charge in [0.1, 0.15) is 29.6 Å². The van der Waals surface area contributed by atoms with Crippen LogP contribution in [0.4, 0.5) is 0 Å². The van der Waals surface area contributed by atoms with Crippen molar-refractivity contribution in [2.45, 2.75) is 69.0 Å². The Morgan fingerprint density at radius 2 is 1.95 bits per heavy atom. The molecular weight excluding hydrogens is 585 g/mol. The fourth-order valence-corrected chi connectivity index (χ4v) is 7.71. The highest BCUT2D eigenvalue weighted by Gasteiger charge is 2.76. The third kappa shape index (κ3) is 5.43. The lowest BCUT2D eigenvalue weighted by Gasteiger charge is -2.28. The lowest BCUT2D eigenvalue weighted by molar-refractivity contribution is -0.149. The normalized spacial score (nSPS) is 28.7. The van der Waals surface area contributed by atoms with Crippen LogP contribution in [0.25, 0.3) is 10.8 Å². The van der Waals surface area contributed by atoms with Gasteiger partial charge < -0.3 is 28.7 Å². The van der Waals surface area contributed by atoms with Crippen molar-refractivity contribution in [2.75, 3.05) is 0 Å². The molecule has 1 aliphatic carbocycles. The Kier molecular flexibility index (Phi) is 7.93. The molecule has 0 radical (unpaired) electrons. The van der Waals surface area contributed by atoms with Gasteiger partial charge in [0.05, 0.1) is 6.10 Å². The molecule has 4 N–H and O–H groups in total. The zero-order valence-corrected chi connectivity index (χ0v) is 24.6.